The number of rotatable bonds is 1. The van der Waals surface area contributed by atoms with E-state index in [0.29, 0.717) is 0 Å². The fourth-order valence-corrected chi connectivity index (χ4v) is 3.07. The van der Waals surface area contributed by atoms with Crippen LogP contribution in [-0.2, 0) is 9.53 Å². The van der Waals surface area contributed by atoms with Gasteiger partial charge in [0.25, 0.3) is 0 Å². The lowest BCUT2D eigenvalue weighted by Crippen LogP contribution is -2.45. The molecule has 0 bridgehead atoms. The Morgan fingerprint density at radius 1 is 1.29 bits per heavy atom. The van der Waals surface area contributed by atoms with Crippen LogP contribution in [-0.4, -0.2) is 25.7 Å². The van der Waals surface area contributed by atoms with E-state index in [1.807, 2.05) is 0 Å². The minimum atomic E-state index is -0.0654. The summed E-state index contributed by atoms with van der Waals surface area (Å²) in [6.45, 7) is 0.972. The summed E-state index contributed by atoms with van der Waals surface area (Å²) in [5.74, 6) is -0.0654. The van der Waals surface area contributed by atoms with E-state index in [-0.39, 0.29) is 17.4 Å². The number of carbonyl (C=O) groups is 1. The molecule has 80 valence electrons. The van der Waals surface area contributed by atoms with Crippen molar-refractivity contribution < 1.29 is 9.53 Å². The van der Waals surface area contributed by atoms with Gasteiger partial charge >= 0.3 is 5.97 Å². The Hall–Kier alpha value is -0.570. The first-order valence-corrected chi connectivity index (χ1v) is 5.60. The molecule has 1 N–H and O–H groups in total. The largest absolute Gasteiger partial charge is 0.468 e. The molecule has 1 heterocycles. The standard InChI is InChI=1S/C11H19NO2/c1-14-10(13)9-11(7-8-12-9)5-3-2-4-6-11/h9,12H,2-8H2,1H3. The number of ether oxygens (including phenoxy) is 1. The van der Waals surface area contributed by atoms with E-state index in [1.54, 1.807) is 0 Å². The highest BCUT2D eigenvalue weighted by atomic mass is 16.5. The van der Waals surface area contributed by atoms with Crippen LogP contribution in [0.25, 0.3) is 0 Å². The van der Waals surface area contributed by atoms with Gasteiger partial charge in [-0.2, -0.15) is 0 Å². The van der Waals surface area contributed by atoms with Gasteiger partial charge in [-0.3, -0.25) is 4.79 Å². The highest BCUT2D eigenvalue weighted by molar-refractivity contribution is 5.77. The third-order valence-electron chi connectivity index (χ3n) is 3.87. The van der Waals surface area contributed by atoms with Gasteiger partial charge in [0.15, 0.2) is 0 Å². The summed E-state index contributed by atoms with van der Waals surface area (Å²) < 4.78 is 4.86. The SMILES string of the molecule is COC(=O)C1NCCC12CCCCC2. The normalized spacial score (nSPS) is 30.5. The average Bonchev–Trinajstić information content (AvgIpc) is 2.62. The molecule has 1 saturated heterocycles. The first-order valence-electron chi connectivity index (χ1n) is 5.60. The predicted molar refractivity (Wildman–Crippen MR) is 53.9 cm³/mol. The summed E-state index contributed by atoms with van der Waals surface area (Å²) in [5, 5.41) is 3.29. The molecule has 2 rings (SSSR count). The molecule has 14 heavy (non-hydrogen) atoms. The van der Waals surface area contributed by atoms with Crippen LogP contribution in [0.15, 0.2) is 0 Å². The van der Waals surface area contributed by atoms with E-state index in [9.17, 15) is 4.79 Å². The van der Waals surface area contributed by atoms with Crippen molar-refractivity contribution >= 4 is 5.97 Å². The first-order chi connectivity index (χ1) is 6.78. The molecule has 3 heteroatoms. The molecule has 0 aromatic rings. The fourth-order valence-electron chi connectivity index (χ4n) is 3.07. The van der Waals surface area contributed by atoms with Gasteiger partial charge in [-0.05, 0) is 31.2 Å². The molecule has 2 fully saturated rings. The molecule has 1 unspecified atom stereocenters. The number of esters is 1. The molecule has 1 aliphatic heterocycles. The van der Waals surface area contributed by atoms with Gasteiger partial charge in [-0.1, -0.05) is 19.3 Å². The molecule has 0 radical (unpaired) electrons. The second-order valence-electron chi connectivity index (χ2n) is 4.58. The molecule has 1 atom stereocenters. The smallest absolute Gasteiger partial charge is 0.323 e. The molecular formula is C11H19NO2. The van der Waals surface area contributed by atoms with Crippen LogP contribution in [0.2, 0.25) is 0 Å². The Labute approximate surface area is 85.2 Å². The zero-order chi connectivity index (χ0) is 10.0. The summed E-state index contributed by atoms with van der Waals surface area (Å²) in [5.41, 5.74) is 0.228. The molecule has 1 aliphatic carbocycles. The Morgan fingerprint density at radius 3 is 2.64 bits per heavy atom. The van der Waals surface area contributed by atoms with E-state index in [0.717, 1.165) is 13.0 Å². The van der Waals surface area contributed by atoms with Gasteiger partial charge in [-0.25, -0.2) is 0 Å². The van der Waals surface area contributed by atoms with Crippen molar-refractivity contribution in [1.29, 1.82) is 0 Å². The fraction of sp³-hybridized carbons (Fsp3) is 0.909. The second kappa shape index (κ2) is 3.89. The Kier molecular flexibility index (Phi) is 2.77. The highest BCUT2D eigenvalue weighted by Crippen LogP contribution is 2.45. The zero-order valence-electron chi connectivity index (χ0n) is 8.84. The molecule has 3 nitrogen and oxygen atoms in total. The summed E-state index contributed by atoms with van der Waals surface area (Å²) in [6.07, 6.45) is 7.41. The molecule has 1 spiro atoms. The molecule has 0 amide bonds. The minimum absolute atomic E-state index is 0.0344. The van der Waals surface area contributed by atoms with Crippen molar-refractivity contribution in [1.82, 2.24) is 5.32 Å². The third-order valence-corrected chi connectivity index (χ3v) is 3.87. The summed E-state index contributed by atoms with van der Waals surface area (Å²) in [7, 11) is 1.48. The molecule has 0 aromatic heterocycles. The van der Waals surface area contributed by atoms with E-state index < -0.39 is 0 Å². The maximum atomic E-state index is 11.6. The molecule has 2 aliphatic rings. The third kappa shape index (κ3) is 1.54. The monoisotopic (exact) mass is 197 g/mol. The van der Waals surface area contributed by atoms with Crippen molar-refractivity contribution in [2.24, 2.45) is 5.41 Å². The highest BCUT2D eigenvalue weighted by Gasteiger charge is 2.47. The van der Waals surface area contributed by atoms with E-state index in [1.165, 1.54) is 39.2 Å². The maximum absolute atomic E-state index is 11.6. The minimum Gasteiger partial charge on any atom is -0.468 e. The lowest BCUT2D eigenvalue weighted by atomic mass is 9.69. The van der Waals surface area contributed by atoms with E-state index >= 15 is 0 Å². The van der Waals surface area contributed by atoms with Crippen LogP contribution in [0.3, 0.4) is 0 Å². The van der Waals surface area contributed by atoms with E-state index in [2.05, 4.69) is 5.32 Å². The summed E-state index contributed by atoms with van der Waals surface area (Å²) in [4.78, 5) is 11.6. The first kappa shape index (κ1) is 9.97. The Balaban J connectivity index is 2.11. The van der Waals surface area contributed by atoms with Gasteiger partial charge in [0.05, 0.1) is 7.11 Å². The lowest BCUT2D eigenvalue weighted by Gasteiger charge is -2.36. The summed E-state index contributed by atoms with van der Waals surface area (Å²) >= 11 is 0. The Morgan fingerprint density at radius 2 is 2.00 bits per heavy atom. The second-order valence-corrected chi connectivity index (χ2v) is 4.58. The van der Waals surface area contributed by atoms with Crippen molar-refractivity contribution in [2.75, 3.05) is 13.7 Å². The van der Waals surface area contributed by atoms with Crippen LogP contribution < -0.4 is 5.32 Å². The number of methoxy groups -OCH3 is 1. The number of hydrogen-bond acceptors (Lipinski definition) is 3. The topological polar surface area (TPSA) is 38.3 Å². The van der Waals surface area contributed by atoms with Crippen LogP contribution in [0.4, 0.5) is 0 Å². The predicted octanol–water partition coefficient (Wildman–Crippen LogP) is 1.47. The number of hydrogen-bond donors (Lipinski definition) is 1. The van der Waals surface area contributed by atoms with Crippen LogP contribution in [0, 0.1) is 5.41 Å². The van der Waals surface area contributed by atoms with Crippen LogP contribution in [0.1, 0.15) is 38.5 Å². The van der Waals surface area contributed by atoms with Crippen LogP contribution in [0.5, 0.6) is 0 Å². The number of nitrogens with one attached hydrogen (secondary N) is 1. The molecule has 1 saturated carbocycles. The van der Waals surface area contributed by atoms with Gasteiger partial charge in [-0.15, -0.1) is 0 Å². The van der Waals surface area contributed by atoms with Gasteiger partial charge in [0.1, 0.15) is 6.04 Å². The van der Waals surface area contributed by atoms with Gasteiger partial charge in [0.2, 0.25) is 0 Å². The van der Waals surface area contributed by atoms with Crippen molar-refractivity contribution in [2.45, 2.75) is 44.6 Å². The zero-order valence-corrected chi connectivity index (χ0v) is 8.84. The molecule has 0 aromatic carbocycles. The Bertz CT molecular complexity index is 221. The lowest BCUT2D eigenvalue weighted by molar-refractivity contribution is -0.146. The maximum Gasteiger partial charge on any atom is 0.323 e. The molecular weight excluding hydrogens is 178 g/mol. The van der Waals surface area contributed by atoms with Crippen molar-refractivity contribution in [3.8, 4) is 0 Å². The summed E-state index contributed by atoms with van der Waals surface area (Å²) in [6, 6.07) is -0.0344. The van der Waals surface area contributed by atoms with E-state index in [4.69, 9.17) is 4.74 Å². The number of carbonyl (C=O) groups excluding carboxylic acids is 1. The average molecular weight is 197 g/mol. The van der Waals surface area contributed by atoms with Gasteiger partial charge < -0.3 is 10.1 Å². The van der Waals surface area contributed by atoms with Crippen molar-refractivity contribution in [3.05, 3.63) is 0 Å². The van der Waals surface area contributed by atoms with Crippen LogP contribution >= 0.6 is 0 Å². The van der Waals surface area contributed by atoms with Gasteiger partial charge in [0, 0.05) is 0 Å². The van der Waals surface area contributed by atoms with Crippen molar-refractivity contribution in [3.63, 3.8) is 0 Å². The quantitative estimate of drug-likeness (QED) is 0.647.